The molecule has 1 aliphatic rings. The Hall–Kier alpha value is -1.83. The first-order valence-electron chi connectivity index (χ1n) is 5.53. The summed E-state index contributed by atoms with van der Waals surface area (Å²) in [5.74, 6) is 0.314. The summed E-state index contributed by atoms with van der Waals surface area (Å²) in [6.07, 6.45) is 0. The number of nitrogens with two attached hydrogens (primary N) is 1. The Balaban J connectivity index is 2.01. The maximum absolute atomic E-state index is 11.4. The summed E-state index contributed by atoms with van der Waals surface area (Å²) in [5, 5.41) is 7.58. The number of sulfone groups is 1. The predicted molar refractivity (Wildman–Crippen MR) is 67.1 cm³/mol. The first-order valence-corrected chi connectivity index (χ1v) is 7.35. The minimum atomic E-state index is -2.90. The highest BCUT2D eigenvalue weighted by Crippen LogP contribution is 2.29. The number of benzene rings is 1. The summed E-state index contributed by atoms with van der Waals surface area (Å²) < 4.78 is 27.5. The van der Waals surface area contributed by atoms with Crippen molar-refractivity contribution < 1.29 is 13.0 Å². The van der Waals surface area contributed by atoms with E-state index in [0.717, 1.165) is 5.69 Å². The topological polar surface area (TPSA) is 102 Å². The summed E-state index contributed by atoms with van der Waals surface area (Å²) in [7, 11) is -2.90. The zero-order valence-electron chi connectivity index (χ0n) is 9.54. The number of anilines is 2. The summed E-state index contributed by atoms with van der Waals surface area (Å²) in [4.78, 5) is 1.97. The largest absolute Gasteiger partial charge is 0.397 e. The Kier molecular flexibility index (Phi) is 2.40. The lowest BCUT2D eigenvalue weighted by Crippen LogP contribution is -2.40. The van der Waals surface area contributed by atoms with E-state index in [-0.39, 0.29) is 11.5 Å². The van der Waals surface area contributed by atoms with E-state index < -0.39 is 9.84 Å². The van der Waals surface area contributed by atoms with Crippen molar-refractivity contribution in [2.75, 3.05) is 35.2 Å². The molecular formula is C10H12N4O3S. The molecule has 0 spiro atoms. The van der Waals surface area contributed by atoms with Gasteiger partial charge < -0.3 is 10.6 Å². The van der Waals surface area contributed by atoms with Crippen molar-refractivity contribution in [2.45, 2.75) is 0 Å². The molecule has 2 aromatic rings. The fourth-order valence-electron chi connectivity index (χ4n) is 2.08. The smallest absolute Gasteiger partial charge is 0.160 e. The molecule has 2 N–H and O–H groups in total. The number of rotatable bonds is 1. The zero-order chi connectivity index (χ0) is 12.8. The highest BCUT2D eigenvalue weighted by atomic mass is 32.2. The minimum absolute atomic E-state index is 0.157. The van der Waals surface area contributed by atoms with Crippen LogP contribution in [0.1, 0.15) is 0 Å². The average molecular weight is 268 g/mol. The second-order valence-electron chi connectivity index (χ2n) is 4.27. The maximum Gasteiger partial charge on any atom is 0.160 e. The minimum Gasteiger partial charge on any atom is -0.397 e. The molecule has 0 aliphatic carbocycles. The first kappa shape index (κ1) is 11.3. The Morgan fingerprint density at radius 1 is 1.17 bits per heavy atom. The zero-order valence-corrected chi connectivity index (χ0v) is 10.4. The van der Waals surface area contributed by atoms with Gasteiger partial charge in [0.2, 0.25) is 0 Å². The highest BCUT2D eigenvalue weighted by molar-refractivity contribution is 7.91. The fourth-order valence-corrected chi connectivity index (χ4v) is 3.28. The van der Waals surface area contributed by atoms with E-state index >= 15 is 0 Å². The van der Waals surface area contributed by atoms with Crippen molar-refractivity contribution in [3.8, 4) is 0 Å². The molecule has 1 saturated heterocycles. The van der Waals surface area contributed by atoms with Crippen molar-refractivity contribution in [2.24, 2.45) is 0 Å². The van der Waals surface area contributed by atoms with Crippen molar-refractivity contribution in [3.63, 3.8) is 0 Å². The van der Waals surface area contributed by atoms with Gasteiger partial charge >= 0.3 is 0 Å². The van der Waals surface area contributed by atoms with Crippen LogP contribution in [0.2, 0.25) is 0 Å². The maximum atomic E-state index is 11.4. The Bertz CT molecular complexity index is 680. The second kappa shape index (κ2) is 3.84. The van der Waals surface area contributed by atoms with Crippen LogP contribution in [0.15, 0.2) is 16.8 Å². The molecule has 96 valence electrons. The van der Waals surface area contributed by atoms with Gasteiger partial charge in [-0.15, -0.1) is 0 Å². The summed E-state index contributed by atoms with van der Waals surface area (Å²) in [6.45, 7) is 0.905. The molecule has 1 aliphatic heterocycles. The van der Waals surface area contributed by atoms with Gasteiger partial charge in [-0.05, 0) is 22.4 Å². The number of hydrogen-bond acceptors (Lipinski definition) is 7. The van der Waals surface area contributed by atoms with Crippen LogP contribution >= 0.6 is 0 Å². The number of nitrogen functional groups attached to an aromatic ring is 1. The lowest BCUT2D eigenvalue weighted by atomic mass is 10.2. The van der Waals surface area contributed by atoms with Crippen LogP contribution in [-0.2, 0) is 9.84 Å². The molecule has 0 bridgehead atoms. The normalized spacial score (nSPS) is 19.2. The molecule has 8 heteroatoms. The second-order valence-corrected chi connectivity index (χ2v) is 6.58. The molecule has 2 heterocycles. The van der Waals surface area contributed by atoms with Gasteiger partial charge in [0.25, 0.3) is 0 Å². The van der Waals surface area contributed by atoms with Crippen molar-refractivity contribution in [1.29, 1.82) is 0 Å². The van der Waals surface area contributed by atoms with Crippen LogP contribution in [-0.4, -0.2) is 43.3 Å². The molecule has 1 aromatic heterocycles. The number of hydrogen-bond donors (Lipinski definition) is 1. The molecule has 0 amide bonds. The quantitative estimate of drug-likeness (QED) is 0.728. The van der Waals surface area contributed by atoms with Gasteiger partial charge in [0.1, 0.15) is 0 Å². The van der Waals surface area contributed by atoms with Gasteiger partial charge in [-0.1, -0.05) is 0 Å². The summed E-state index contributed by atoms with van der Waals surface area (Å²) in [5.41, 5.74) is 8.17. The molecular weight excluding hydrogens is 256 g/mol. The molecule has 1 fully saturated rings. The SMILES string of the molecule is Nc1ccc(N2CCS(=O)(=O)CC2)c2nonc12. The Morgan fingerprint density at radius 2 is 1.83 bits per heavy atom. The monoisotopic (exact) mass is 268 g/mol. The van der Waals surface area contributed by atoms with Crippen LogP contribution in [0.3, 0.4) is 0 Å². The van der Waals surface area contributed by atoms with Crippen LogP contribution in [0.25, 0.3) is 11.0 Å². The first-order chi connectivity index (χ1) is 8.57. The summed E-state index contributed by atoms with van der Waals surface area (Å²) in [6, 6.07) is 3.55. The van der Waals surface area contributed by atoms with Gasteiger partial charge in [-0.2, -0.15) is 0 Å². The molecule has 0 radical (unpaired) electrons. The van der Waals surface area contributed by atoms with E-state index in [4.69, 9.17) is 10.4 Å². The lowest BCUT2D eigenvalue weighted by Gasteiger charge is -2.28. The Morgan fingerprint density at radius 3 is 2.56 bits per heavy atom. The predicted octanol–water partition coefficient (Wildman–Crippen LogP) is 0.0398. The number of fused-ring (bicyclic) bond motifs is 1. The van der Waals surface area contributed by atoms with E-state index in [1.807, 2.05) is 11.0 Å². The summed E-state index contributed by atoms with van der Waals surface area (Å²) >= 11 is 0. The average Bonchev–Trinajstić information content (AvgIpc) is 2.80. The van der Waals surface area contributed by atoms with Crippen LogP contribution in [0.5, 0.6) is 0 Å². The van der Waals surface area contributed by atoms with Gasteiger partial charge in [0, 0.05) is 13.1 Å². The molecule has 0 unspecified atom stereocenters. The fraction of sp³-hybridized carbons (Fsp3) is 0.400. The number of aromatic nitrogens is 2. The molecule has 1 aromatic carbocycles. The van der Waals surface area contributed by atoms with E-state index in [1.165, 1.54) is 0 Å². The van der Waals surface area contributed by atoms with Crippen LogP contribution in [0, 0.1) is 0 Å². The van der Waals surface area contributed by atoms with Gasteiger partial charge in [-0.3, -0.25) is 0 Å². The third-order valence-corrected chi connectivity index (χ3v) is 4.72. The third kappa shape index (κ3) is 1.78. The van der Waals surface area contributed by atoms with E-state index in [9.17, 15) is 8.42 Å². The van der Waals surface area contributed by atoms with Crippen molar-refractivity contribution in [3.05, 3.63) is 12.1 Å². The molecule has 7 nitrogen and oxygen atoms in total. The highest BCUT2D eigenvalue weighted by Gasteiger charge is 2.24. The third-order valence-electron chi connectivity index (χ3n) is 3.11. The van der Waals surface area contributed by atoms with Gasteiger partial charge in [0.15, 0.2) is 20.9 Å². The van der Waals surface area contributed by atoms with E-state index in [1.54, 1.807) is 6.07 Å². The molecule has 0 saturated carbocycles. The van der Waals surface area contributed by atoms with Gasteiger partial charge in [0.05, 0.1) is 22.9 Å². The van der Waals surface area contributed by atoms with E-state index in [0.29, 0.717) is 29.8 Å². The number of nitrogens with zero attached hydrogens (tertiary/aromatic N) is 3. The Labute approximate surface area is 103 Å². The standard InChI is InChI=1S/C10H12N4O3S/c11-7-1-2-8(10-9(7)12-17-13-10)14-3-5-18(15,16)6-4-14/h1-2H,3-6,11H2. The van der Waals surface area contributed by atoms with Crippen LogP contribution in [0.4, 0.5) is 11.4 Å². The molecule has 3 rings (SSSR count). The van der Waals surface area contributed by atoms with E-state index in [2.05, 4.69) is 10.3 Å². The molecule has 18 heavy (non-hydrogen) atoms. The lowest BCUT2D eigenvalue weighted by molar-refractivity contribution is 0.315. The van der Waals surface area contributed by atoms with Crippen LogP contribution < -0.4 is 10.6 Å². The molecule has 0 atom stereocenters. The van der Waals surface area contributed by atoms with Gasteiger partial charge in [-0.25, -0.2) is 13.0 Å². The van der Waals surface area contributed by atoms with Crippen molar-refractivity contribution >= 4 is 32.2 Å². The van der Waals surface area contributed by atoms with Crippen molar-refractivity contribution in [1.82, 2.24) is 10.3 Å².